The first kappa shape index (κ1) is 13.6. The molecule has 1 aromatic carbocycles. The Hall–Kier alpha value is -2.34. The van der Waals surface area contributed by atoms with Crippen molar-refractivity contribution in [3.8, 4) is 0 Å². The molecule has 3 rings (SSSR count). The molecule has 0 aliphatic rings. The third-order valence-electron chi connectivity index (χ3n) is 2.93. The molecule has 0 saturated heterocycles. The van der Waals surface area contributed by atoms with Gasteiger partial charge in [0, 0.05) is 18.0 Å². The minimum Gasteiger partial charge on any atom is -0.444 e. The van der Waals surface area contributed by atoms with Crippen molar-refractivity contribution in [2.24, 2.45) is 0 Å². The van der Waals surface area contributed by atoms with Gasteiger partial charge in [-0.3, -0.25) is 9.72 Å². The standard InChI is InChI=1S/C15H12BrN3O2/c16-13-9-17-14-8-12(6-7-19(13)14)18-15(20)21-10-11-4-2-1-3-5-11/h1-9H,10H2,(H,18,20). The Morgan fingerprint density at radius 1 is 1.29 bits per heavy atom. The Kier molecular flexibility index (Phi) is 3.87. The Morgan fingerprint density at radius 2 is 2.10 bits per heavy atom. The number of aromatic nitrogens is 2. The van der Waals surface area contributed by atoms with Gasteiger partial charge < -0.3 is 4.74 Å². The number of imidazole rings is 1. The van der Waals surface area contributed by atoms with E-state index in [1.54, 1.807) is 18.3 Å². The van der Waals surface area contributed by atoms with Gasteiger partial charge in [-0.1, -0.05) is 30.3 Å². The van der Waals surface area contributed by atoms with Crippen molar-refractivity contribution in [1.29, 1.82) is 0 Å². The number of hydrogen-bond acceptors (Lipinski definition) is 3. The van der Waals surface area contributed by atoms with E-state index in [-0.39, 0.29) is 6.61 Å². The van der Waals surface area contributed by atoms with Crippen molar-refractivity contribution in [3.63, 3.8) is 0 Å². The molecule has 0 radical (unpaired) electrons. The highest BCUT2D eigenvalue weighted by atomic mass is 79.9. The lowest BCUT2D eigenvalue weighted by Crippen LogP contribution is -2.13. The van der Waals surface area contributed by atoms with E-state index in [0.717, 1.165) is 15.8 Å². The maximum Gasteiger partial charge on any atom is 0.411 e. The summed E-state index contributed by atoms with van der Waals surface area (Å²) in [7, 11) is 0. The van der Waals surface area contributed by atoms with Gasteiger partial charge >= 0.3 is 6.09 Å². The molecular formula is C15H12BrN3O2. The van der Waals surface area contributed by atoms with E-state index in [9.17, 15) is 4.79 Å². The van der Waals surface area contributed by atoms with Crippen molar-refractivity contribution in [2.45, 2.75) is 6.61 Å². The minimum absolute atomic E-state index is 0.240. The minimum atomic E-state index is -0.492. The Labute approximate surface area is 129 Å². The van der Waals surface area contributed by atoms with E-state index in [1.807, 2.05) is 40.9 Å². The van der Waals surface area contributed by atoms with Crippen LogP contribution in [0.15, 0.2) is 59.5 Å². The Bertz CT molecular complexity index is 771. The molecular weight excluding hydrogens is 334 g/mol. The van der Waals surface area contributed by atoms with Crippen LogP contribution in [-0.4, -0.2) is 15.5 Å². The highest BCUT2D eigenvalue weighted by Gasteiger charge is 2.06. The van der Waals surface area contributed by atoms with E-state index < -0.39 is 6.09 Å². The number of amides is 1. The van der Waals surface area contributed by atoms with Crippen LogP contribution in [0.2, 0.25) is 0 Å². The number of carbonyl (C=O) groups excluding carboxylic acids is 1. The quantitative estimate of drug-likeness (QED) is 0.784. The van der Waals surface area contributed by atoms with E-state index in [4.69, 9.17) is 4.74 Å². The molecule has 0 unspecified atom stereocenters. The molecule has 1 N–H and O–H groups in total. The lowest BCUT2D eigenvalue weighted by molar-refractivity contribution is 0.155. The molecule has 2 aromatic heterocycles. The molecule has 106 valence electrons. The van der Waals surface area contributed by atoms with Gasteiger partial charge in [-0.2, -0.15) is 0 Å². The Balaban J connectivity index is 1.63. The van der Waals surface area contributed by atoms with E-state index >= 15 is 0 Å². The van der Waals surface area contributed by atoms with Crippen LogP contribution in [0, 0.1) is 0 Å². The van der Waals surface area contributed by atoms with Crippen molar-refractivity contribution in [1.82, 2.24) is 9.38 Å². The lowest BCUT2D eigenvalue weighted by atomic mass is 10.2. The van der Waals surface area contributed by atoms with Gasteiger partial charge in [-0.05, 0) is 27.6 Å². The van der Waals surface area contributed by atoms with E-state index in [1.165, 1.54) is 0 Å². The van der Waals surface area contributed by atoms with Crippen LogP contribution in [0.3, 0.4) is 0 Å². The van der Waals surface area contributed by atoms with Crippen LogP contribution < -0.4 is 5.32 Å². The second-order valence-corrected chi connectivity index (χ2v) is 5.22. The molecule has 1 amide bonds. The maximum absolute atomic E-state index is 11.8. The summed E-state index contributed by atoms with van der Waals surface area (Å²) in [6.07, 6.45) is 3.03. The van der Waals surface area contributed by atoms with Gasteiger partial charge in [0.05, 0.1) is 6.20 Å². The number of carbonyl (C=O) groups is 1. The number of halogens is 1. The predicted octanol–water partition coefficient (Wildman–Crippen LogP) is 3.85. The average Bonchev–Trinajstić information content (AvgIpc) is 2.87. The molecule has 3 aromatic rings. The number of nitrogens with one attached hydrogen (secondary N) is 1. The summed E-state index contributed by atoms with van der Waals surface area (Å²) in [6.45, 7) is 0.240. The first-order valence-electron chi connectivity index (χ1n) is 6.33. The number of hydrogen-bond donors (Lipinski definition) is 1. The third kappa shape index (κ3) is 3.22. The molecule has 0 aliphatic heterocycles. The van der Waals surface area contributed by atoms with Gasteiger partial charge in [0.25, 0.3) is 0 Å². The van der Waals surface area contributed by atoms with Crippen LogP contribution in [-0.2, 0) is 11.3 Å². The molecule has 2 heterocycles. The van der Waals surface area contributed by atoms with Crippen molar-refractivity contribution < 1.29 is 9.53 Å². The highest BCUT2D eigenvalue weighted by molar-refractivity contribution is 9.10. The predicted molar refractivity (Wildman–Crippen MR) is 83.1 cm³/mol. The molecule has 0 spiro atoms. The molecule has 0 bridgehead atoms. The van der Waals surface area contributed by atoms with Crippen LogP contribution in [0.1, 0.15) is 5.56 Å². The van der Waals surface area contributed by atoms with E-state index in [0.29, 0.717) is 5.69 Å². The van der Waals surface area contributed by atoms with Crippen LogP contribution >= 0.6 is 15.9 Å². The molecule has 0 atom stereocenters. The topological polar surface area (TPSA) is 55.6 Å². The summed E-state index contributed by atoms with van der Waals surface area (Å²) in [5.41, 5.74) is 2.32. The number of fused-ring (bicyclic) bond motifs is 1. The molecule has 6 heteroatoms. The van der Waals surface area contributed by atoms with Gasteiger partial charge in [-0.15, -0.1) is 0 Å². The van der Waals surface area contributed by atoms with Crippen molar-refractivity contribution >= 4 is 33.4 Å². The zero-order valence-electron chi connectivity index (χ0n) is 11.0. The second kappa shape index (κ2) is 5.97. The fraction of sp³-hybridized carbons (Fsp3) is 0.0667. The maximum atomic E-state index is 11.8. The number of anilines is 1. The van der Waals surface area contributed by atoms with Gasteiger partial charge in [0.15, 0.2) is 0 Å². The lowest BCUT2D eigenvalue weighted by Gasteiger charge is -2.07. The normalized spacial score (nSPS) is 10.5. The monoisotopic (exact) mass is 345 g/mol. The molecule has 0 saturated carbocycles. The first-order valence-corrected chi connectivity index (χ1v) is 7.12. The zero-order valence-corrected chi connectivity index (χ0v) is 12.6. The largest absolute Gasteiger partial charge is 0.444 e. The summed E-state index contributed by atoms with van der Waals surface area (Å²) in [4.78, 5) is 16.0. The SMILES string of the molecule is O=C(Nc1ccn2c(Br)cnc2c1)OCc1ccccc1. The number of nitrogens with zero attached hydrogens (tertiary/aromatic N) is 2. The molecule has 21 heavy (non-hydrogen) atoms. The fourth-order valence-corrected chi connectivity index (χ4v) is 2.31. The summed E-state index contributed by atoms with van der Waals surface area (Å²) in [5, 5.41) is 2.68. The van der Waals surface area contributed by atoms with Gasteiger partial charge in [0.1, 0.15) is 16.9 Å². The fourth-order valence-electron chi connectivity index (χ4n) is 1.90. The highest BCUT2D eigenvalue weighted by Crippen LogP contribution is 2.17. The zero-order chi connectivity index (χ0) is 14.7. The molecule has 0 aliphatic carbocycles. The summed E-state index contributed by atoms with van der Waals surface area (Å²) in [5.74, 6) is 0. The second-order valence-electron chi connectivity index (χ2n) is 4.41. The van der Waals surface area contributed by atoms with E-state index in [2.05, 4.69) is 26.2 Å². The number of rotatable bonds is 3. The summed E-state index contributed by atoms with van der Waals surface area (Å²) >= 11 is 3.38. The number of pyridine rings is 1. The van der Waals surface area contributed by atoms with Crippen molar-refractivity contribution in [2.75, 3.05) is 5.32 Å². The third-order valence-corrected chi connectivity index (χ3v) is 3.51. The van der Waals surface area contributed by atoms with Crippen LogP contribution in [0.4, 0.5) is 10.5 Å². The van der Waals surface area contributed by atoms with Crippen LogP contribution in [0.25, 0.3) is 5.65 Å². The van der Waals surface area contributed by atoms with Gasteiger partial charge in [-0.25, -0.2) is 9.78 Å². The number of benzene rings is 1. The van der Waals surface area contributed by atoms with Crippen LogP contribution in [0.5, 0.6) is 0 Å². The molecule has 5 nitrogen and oxygen atoms in total. The average molecular weight is 346 g/mol. The van der Waals surface area contributed by atoms with Gasteiger partial charge in [0.2, 0.25) is 0 Å². The smallest absolute Gasteiger partial charge is 0.411 e. The summed E-state index contributed by atoms with van der Waals surface area (Å²) in [6, 6.07) is 13.1. The number of ether oxygens (including phenoxy) is 1. The molecule has 0 fully saturated rings. The van der Waals surface area contributed by atoms with Crippen molar-refractivity contribution in [3.05, 3.63) is 65.0 Å². The Morgan fingerprint density at radius 3 is 2.90 bits per heavy atom. The summed E-state index contributed by atoms with van der Waals surface area (Å²) < 4.78 is 7.88. The first-order chi connectivity index (χ1) is 10.2.